The molecule has 2 atom stereocenters. The smallest absolute Gasteiger partial charge is 0.326 e. The SMILES string of the molecule is CC(C)C[C@H](NC(=O)CN)C(=O)O.N[C@@H](CC(=O)C=Cc1ccco1)C(=O)O. The van der Waals surface area contributed by atoms with Crippen LogP contribution in [0.1, 0.15) is 32.4 Å². The second kappa shape index (κ2) is 13.2. The van der Waals surface area contributed by atoms with E-state index in [1.165, 1.54) is 18.4 Å². The lowest BCUT2D eigenvalue weighted by molar-refractivity contribution is -0.142. The highest BCUT2D eigenvalue weighted by molar-refractivity contribution is 5.96. The molecule has 1 aromatic rings. The van der Waals surface area contributed by atoms with Gasteiger partial charge in [-0.05, 0) is 36.6 Å². The van der Waals surface area contributed by atoms with Crippen LogP contribution in [0.3, 0.4) is 0 Å². The molecular weight excluding hydrogens is 370 g/mol. The van der Waals surface area contributed by atoms with Gasteiger partial charge in [-0.15, -0.1) is 0 Å². The van der Waals surface area contributed by atoms with Crippen LogP contribution in [0.15, 0.2) is 28.9 Å². The summed E-state index contributed by atoms with van der Waals surface area (Å²) < 4.78 is 4.95. The van der Waals surface area contributed by atoms with E-state index < -0.39 is 29.9 Å². The van der Waals surface area contributed by atoms with E-state index in [1.807, 2.05) is 13.8 Å². The predicted molar refractivity (Wildman–Crippen MR) is 101 cm³/mol. The highest BCUT2D eigenvalue weighted by atomic mass is 16.4. The Morgan fingerprint density at radius 2 is 1.86 bits per heavy atom. The van der Waals surface area contributed by atoms with Crippen LogP contribution >= 0.6 is 0 Å². The summed E-state index contributed by atoms with van der Waals surface area (Å²) in [5, 5.41) is 19.5. The van der Waals surface area contributed by atoms with Gasteiger partial charge in [0.15, 0.2) is 5.78 Å². The van der Waals surface area contributed by atoms with Gasteiger partial charge < -0.3 is 31.4 Å². The molecule has 7 N–H and O–H groups in total. The number of carbonyl (C=O) groups is 4. The molecule has 0 aliphatic carbocycles. The molecule has 0 aliphatic heterocycles. The number of carbonyl (C=O) groups excluding carboxylic acids is 2. The summed E-state index contributed by atoms with van der Waals surface area (Å²) in [5.41, 5.74) is 10.2. The Morgan fingerprint density at radius 1 is 1.21 bits per heavy atom. The molecule has 1 heterocycles. The van der Waals surface area contributed by atoms with Gasteiger partial charge in [0.25, 0.3) is 0 Å². The molecule has 1 rings (SSSR count). The number of nitrogens with two attached hydrogens (primary N) is 2. The third-order valence-electron chi connectivity index (χ3n) is 3.24. The summed E-state index contributed by atoms with van der Waals surface area (Å²) in [6, 6.07) is 1.39. The average molecular weight is 397 g/mol. The quantitative estimate of drug-likeness (QED) is 0.344. The lowest BCUT2D eigenvalue weighted by Gasteiger charge is -2.15. The minimum Gasteiger partial charge on any atom is -0.480 e. The van der Waals surface area contributed by atoms with Crippen molar-refractivity contribution in [2.45, 2.75) is 38.8 Å². The first-order valence-corrected chi connectivity index (χ1v) is 8.51. The van der Waals surface area contributed by atoms with Crippen LogP contribution in [0.4, 0.5) is 0 Å². The number of carboxylic acids is 2. The Labute approximate surface area is 162 Å². The van der Waals surface area contributed by atoms with Crippen molar-refractivity contribution in [1.29, 1.82) is 0 Å². The largest absolute Gasteiger partial charge is 0.480 e. The second-order valence-electron chi connectivity index (χ2n) is 6.26. The number of nitrogens with one attached hydrogen (secondary N) is 1. The maximum absolute atomic E-state index is 11.2. The van der Waals surface area contributed by atoms with Crippen LogP contribution in [0.5, 0.6) is 0 Å². The van der Waals surface area contributed by atoms with Crippen LogP contribution < -0.4 is 16.8 Å². The number of furan rings is 1. The molecule has 1 amide bonds. The van der Waals surface area contributed by atoms with E-state index in [4.69, 9.17) is 26.1 Å². The first-order chi connectivity index (χ1) is 13.1. The van der Waals surface area contributed by atoms with Crippen LogP contribution in [-0.4, -0.2) is 52.5 Å². The number of hydrogen-bond acceptors (Lipinski definition) is 7. The lowest BCUT2D eigenvalue weighted by Crippen LogP contribution is -2.44. The van der Waals surface area contributed by atoms with Crippen molar-refractivity contribution in [3.05, 3.63) is 30.2 Å². The Morgan fingerprint density at radius 3 is 2.29 bits per heavy atom. The summed E-state index contributed by atoms with van der Waals surface area (Å²) in [7, 11) is 0. The normalized spacial score (nSPS) is 12.8. The van der Waals surface area contributed by atoms with Gasteiger partial charge in [0.1, 0.15) is 17.8 Å². The number of carboxylic acid groups (broad SMARTS) is 2. The topological polar surface area (TPSA) is 186 Å². The predicted octanol–water partition coefficient (Wildman–Crippen LogP) is 0.225. The van der Waals surface area contributed by atoms with E-state index in [0.29, 0.717) is 12.2 Å². The summed E-state index contributed by atoms with van der Waals surface area (Å²) >= 11 is 0. The molecule has 0 bridgehead atoms. The van der Waals surface area contributed by atoms with Crippen molar-refractivity contribution in [1.82, 2.24) is 5.32 Å². The Bertz CT molecular complexity index is 669. The van der Waals surface area contributed by atoms with Gasteiger partial charge in [-0.3, -0.25) is 14.4 Å². The monoisotopic (exact) mass is 397 g/mol. The third-order valence-corrected chi connectivity index (χ3v) is 3.24. The van der Waals surface area contributed by atoms with Crippen LogP contribution in [0.2, 0.25) is 0 Å². The van der Waals surface area contributed by atoms with Crippen molar-refractivity contribution in [2.75, 3.05) is 6.54 Å². The Balaban J connectivity index is 0.000000528. The fourth-order valence-corrected chi connectivity index (χ4v) is 1.88. The number of hydrogen-bond donors (Lipinski definition) is 5. The van der Waals surface area contributed by atoms with Gasteiger partial charge in [0.2, 0.25) is 5.91 Å². The van der Waals surface area contributed by atoms with Gasteiger partial charge in [-0.2, -0.15) is 0 Å². The van der Waals surface area contributed by atoms with E-state index in [0.717, 1.165) is 0 Å². The van der Waals surface area contributed by atoms with E-state index in [9.17, 15) is 19.2 Å². The lowest BCUT2D eigenvalue weighted by atomic mass is 10.0. The molecule has 0 saturated heterocycles. The molecule has 0 saturated carbocycles. The second-order valence-corrected chi connectivity index (χ2v) is 6.26. The number of aliphatic carboxylic acids is 2. The molecular formula is C18H27N3O7. The van der Waals surface area contributed by atoms with E-state index in [2.05, 4.69) is 5.32 Å². The highest BCUT2D eigenvalue weighted by Crippen LogP contribution is 2.04. The summed E-state index contributed by atoms with van der Waals surface area (Å²) in [4.78, 5) is 43.0. The molecule has 0 unspecified atom stereocenters. The van der Waals surface area contributed by atoms with Crippen molar-refractivity contribution in [3.63, 3.8) is 0 Å². The fraction of sp³-hybridized carbons (Fsp3) is 0.444. The molecule has 10 heteroatoms. The van der Waals surface area contributed by atoms with E-state index in [1.54, 1.807) is 12.1 Å². The average Bonchev–Trinajstić information content (AvgIpc) is 3.12. The first-order valence-electron chi connectivity index (χ1n) is 8.51. The van der Waals surface area contributed by atoms with Crippen LogP contribution in [0, 0.1) is 5.92 Å². The van der Waals surface area contributed by atoms with Crippen molar-refractivity contribution >= 4 is 29.7 Å². The standard InChI is InChI=1S/C10H11NO4.C8H16N2O3/c11-9(10(13)14)6-7(12)3-4-8-2-1-5-15-8;1-5(2)3-6(8(12)13)10-7(11)4-9/h1-5,9H,6,11H2,(H,13,14);5-6H,3-4,9H2,1-2H3,(H,10,11)(H,12,13)/t9-;6-/m00/s1. The highest BCUT2D eigenvalue weighted by Gasteiger charge is 2.20. The van der Waals surface area contributed by atoms with Gasteiger partial charge in [-0.25, -0.2) is 4.79 Å². The van der Waals surface area contributed by atoms with E-state index >= 15 is 0 Å². The molecule has 0 spiro atoms. The number of allylic oxidation sites excluding steroid dienone is 1. The van der Waals surface area contributed by atoms with Gasteiger partial charge in [0, 0.05) is 6.42 Å². The fourth-order valence-electron chi connectivity index (χ4n) is 1.88. The van der Waals surface area contributed by atoms with Crippen molar-refractivity contribution in [3.8, 4) is 0 Å². The van der Waals surface area contributed by atoms with Crippen molar-refractivity contribution in [2.24, 2.45) is 17.4 Å². The number of amides is 1. The minimum absolute atomic E-state index is 0.179. The molecule has 10 nitrogen and oxygen atoms in total. The van der Waals surface area contributed by atoms with Gasteiger partial charge >= 0.3 is 11.9 Å². The van der Waals surface area contributed by atoms with Gasteiger partial charge in [0.05, 0.1) is 12.8 Å². The van der Waals surface area contributed by atoms with Crippen LogP contribution in [-0.2, 0) is 19.2 Å². The zero-order valence-electron chi connectivity index (χ0n) is 15.8. The summed E-state index contributed by atoms with van der Waals surface area (Å²) in [5.74, 6) is -2.23. The molecule has 28 heavy (non-hydrogen) atoms. The van der Waals surface area contributed by atoms with E-state index in [-0.39, 0.29) is 24.7 Å². The zero-order chi connectivity index (χ0) is 21.7. The summed E-state index contributed by atoms with van der Waals surface area (Å²) in [6.07, 6.45) is 4.40. The summed E-state index contributed by atoms with van der Waals surface area (Å²) in [6.45, 7) is 3.61. The third kappa shape index (κ3) is 11.6. The Hall–Kier alpha value is -2.98. The van der Waals surface area contributed by atoms with Gasteiger partial charge in [-0.1, -0.05) is 13.8 Å². The molecule has 0 aromatic carbocycles. The van der Waals surface area contributed by atoms with Crippen LogP contribution in [0.25, 0.3) is 6.08 Å². The maximum atomic E-state index is 11.2. The molecule has 0 radical (unpaired) electrons. The molecule has 0 aliphatic rings. The number of ketones is 1. The minimum atomic E-state index is -1.19. The Kier molecular flexibility index (Phi) is 11.8. The molecule has 0 fully saturated rings. The number of rotatable bonds is 10. The first kappa shape index (κ1) is 25.0. The maximum Gasteiger partial charge on any atom is 0.326 e. The molecule has 156 valence electrons. The molecule has 1 aromatic heterocycles. The van der Waals surface area contributed by atoms with Crippen molar-refractivity contribution < 1.29 is 33.8 Å². The zero-order valence-corrected chi connectivity index (χ0v) is 15.8.